The Hall–Kier alpha value is -1.62. The number of hydrogen-bond donors (Lipinski definition) is 1. The van der Waals surface area contributed by atoms with E-state index in [1.54, 1.807) is 18.3 Å². The van der Waals surface area contributed by atoms with E-state index >= 15 is 0 Å². The zero-order valence-corrected chi connectivity index (χ0v) is 12.2. The second-order valence-electron chi connectivity index (χ2n) is 5.90. The third-order valence-electron chi connectivity index (χ3n) is 4.05. The third-order valence-corrected chi connectivity index (χ3v) is 4.05. The summed E-state index contributed by atoms with van der Waals surface area (Å²) in [5.74, 6) is 1.69. The number of amides is 1. The SMILES string of the molecule is O=C(NCC1CCOCC1)c1ccnc(OCC2CC2)c1. The van der Waals surface area contributed by atoms with Crippen molar-refractivity contribution in [3.63, 3.8) is 0 Å². The van der Waals surface area contributed by atoms with Gasteiger partial charge in [0, 0.05) is 37.6 Å². The number of hydrogen-bond acceptors (Lipinski definition) is 4. The van der Waals surface area contributed by atoms with E-state index in [2.05, 4.69) is 10.3 Å². The van der Waals surface area contributed by atoms with E-state index in [4.69, 9.17) is 9.47 Å². The van der Waals surface area contributed by atoms with Gasteiger partial charge in [-0.15, -0.1) is 0 Å². The van der Waals surface area contributed by atoms with Gasteiger partial charge in [0.05, 0.1) is 6.61 Å². The van der Waals surface area contributed by atoms with Crippen molar-refractivity contribution in [2.24, 2.45) is 11.8 Å². The van der Waals surface area contributed by atoms with Gasteiger partial charge in [0.25, 0.3) is 5.91 Å². The molecular weight excluding hydrogens is 268 g/mol. The predicted octanol–water partition coefficient (Wildman–Crippen LogP) is 2.03. The molecule has 0 atom stereocenters. The smallest absolute Gasteiger partial charge is 0.251 e. The number of ether oxygens (including phenoxy) is 2. The summed E-state index contributed by atoms with van der Waals surface area (Å²) in [6.07, 6.45) is 6.15. The summed E-state index contributed by atoms with van der Waals surface area (Å²) >= 11 is 0. The average Bonchev–Trinajstić information content (AvgIpc) is 3.36. The lowest BCUT2D eigenvalue weighted by atomic mass is 10.0. The molecule has 2 heterocycles. The minimum Gasteiger partial charge on any atom is -0.477 e. The van der Waals surface area contributed by atoms with Crippen LogP contribution in [0.5, 0.6) is 5.88 Å². The van der Waals surface area contributed by atoms with Crippen LogP contribution in [-0.4, -0.2) is 37.3 Å². The summed E-state index contributed by atoms with van der Waals surface area (Å²) in [6, 6.07) is 3.45. The molecule has 0 spiro atoms. The summed E-state index contributed by atoms with van der Waals surface area (Å²) in [4.78, 5) is 16.3. The van der Waals surface area contributed by atoms with Crippen molar-refractivity contribution in [2.45, 2.75) is 25.7 Å². The first-order valence-electron chi connectivity index (χ1n) is 7.76. The van der Waals surface area contributed by atoms with Gasteiger partial charge in [-0.3, -0.25) is 4.79 Å². The molecule has 1 aliphatic heterocycles. The van der Waals surface area contributed by atoms with Crippen LogP contribution in [0.2, 0.25) is 0 Å². The molecule has 1 aromatic heterocycles. The Labute approximate surface area is 125 Å². The maximum absolute atomic E-state index is 12.2. The van der Waals surface area contributed by atoms with Gasteiger partial charge in [-0.2, -0.15) is 0 Å². The molecular formula is C16H22N2O3. The normalized spacial score (nSPS) is 19.2. The Balaban J connectivity index is 1.49. The molecule has 1 amide bonds. The molecule has 5 heteroatoms. The Morgan fingerprint density at radius 3 is 2.86 bits per heavy atom. The number of nitrogens with one attached hydrogen (secondary N) is 1. The van der Waals surface area contributed by atoms with Gasteiger partial charge in [-0.05, 0) is 43.6 Å². The standard InChI is InChI=1S/C16H22N2O3/c19-16(18-10-12-4-7-20-8-5-12)14-3-6-17-15(9-14)21-11-13-1-2-13/h3,6,9,12-13H,1-2,4-5,7-8,10-11H2,(H,18,19). The predicted molar refractivity (Wildman–Crippen MR) is 78.3 cm³/mol. The van der Waals surface area contributed by atoms with Crippen LogP contribution >= 0.6 is 0 Å². The van der Waals surface area contributed by atoms with Crippen LogP contribution in [0.4, 0.5) is 0 Å². The van der Waals surface area contributed by atoms with Crippen LogP contribution in [0.25, 0.3) is 0 Å². The van der Waals surface area contributed by atoms with E-state index in [-0.39, 0.29) is 5.91 Å². The lowest BCUT2D eigenvalue weighted by Gasteiger charge is -2.22. The Kier molecular flexibility index (Phi) is 4.70. The summed E-state index contributed by atoms with van der Waals surface area (Å²) in [5, 5.41) is 3.00. The van der Waals surface area contributed by atoms with Crippen molar-refractivity contribution in [2.75, 3.05) is 26.4 Å². The fourth-order valence-corrected chi connectivity index (χ4v) is 2.41. The fraction of sp³-hybridized carbons (Fsp3) is 0.625. The molecule has 0 radical (unpaired) electrons. The van der Waals surface area contributed by atoms with E-state index < -0.39 is 0 Å². The monoisotopic (exact) mass is 290 g/mol. The molecule has 3 rings (SSSR count). The molecule has 21 heavy (non-hydrogen) atoms. The Morgan fingerprint density at radius 1 is 1.29 bits per heavy atom. The molecule has 1 saturated carbocycles. The minimum absolute atomic E-state index is 0.0554. The van der Waals surface area contributed by atoms with Crippen LogP contribution in [-0.2, 0) is 4.74 Å². The van der Waals surface area contributed by atoms with E-state index in [0.717, 1.165) is 26.1 Å². The van der Waals surface area contributed by atoms with Crippen molar-refractivity contribution in [3.8, 4) is 5.88 Å². The first-order chi connectivity index (χ1) is 10.3. The molecule has 1 saturated heterocycles. The van der Waals surface area contributed by atoms with Crippen molar-refractivity contribution >= 4 is 5.91 Å². The highest BCUT2D eigenvalue weighted by Crippen LogP contribution is 2.29. The molecule has 1 aliphatic carbocycles. The van der Waals surface area contributed by atoms with Gasteiger partial charge in [-0.1, -0.05) is 0 Å². The van der Waals surface area contributed by atoms with E-state index in [1.165, 1.54) is 12.8 Å². The van der Waals surface area contributed by atoms with Crippen LogP contribution in [0.15, 0.2) is 18.3 Å². The van der Waals surface area contributed by atoms with Gasteiger partial charge in [0.15, 0.2) is 0 Å². The van der Waals surface area contributed by atoms with Crippen LogP contribution in [0.1, 0.15) is 36.0 Å². The highest BCUT2D eigenvalue weighted by Gasteiger charge is 2.22. The van der Waals surface area contributed by atoms with Crippen molar-refractivity contribution in [1.29, 1.82) is 0 Å². The number of carbonyl (C=O) groups is 1. The maximum Gasteiger partial charge on any atom is 0.251 e. The van der Waals surface area contributed by atoms with E-state index in [9.17, 15) is 4.79 Å². The average molecular weight is 290 g/mol. The lowest BCUT2D eigenvalue weighted by Crippen LogP contribution is -2.32. The molecule has 0 aromatic carbocycles. The molecule has 5 nitrogen and oxygen atoms in total. The first kappa shape index (κ1) is 14.3. The highest BCUT2D eigenvalue weighted by molar-refractivity contribution is 5.94. The van der Waals surface area contributed by atoms with Gasteiger partial charge in [-0.25, -0.2) is 4.98 Å². The molecule has 1 aromatic rings. The van der Waals surface area contributed by atoms with Gasteiger partial charge >= 0.3 is 0 Å². The zero-order valence-electron chi connectivity index (χ0n) is 12.2. The maximum atomic E-state index is 12.2. The van der Waals surface area contributed by atoms with E-state index in [0.29, 0.717) is 36.4 Å². The quantitative estimate of drug-likeness (QED) is 0.871. The molecule has 2 fully saturated rings. The van der Waals surface area contributed by atoms with Crippen LogP contribution < -0.4 is 10.1 Å². The molecule has 1 N–H and O–H groups in total. The number of aromatic nitrogens is 1. The highest BCUT2D eigenvalue weighted by atomic mass is 16.5. The summed E-state index contributed by atoms with van der Waals surface area (Å²) in [6.45, 7) is 3.02. The minimum atomic E-state index is -0.0554. The first-order valence-corrected chi connectivity index (χ1v) is 7.76. The second-order valence-corrected chi connectivity index (χ2v) is 5.90. The molecule has 114 valence electrons. The fourth-order valence-electron chi connectivity index (χ4n) is 2.41. The number of rotatable bonds is 6. The number of carbonyl (C=O) groups excluding carboxylic acids is 1. The van der Waals surface area contributed by atoms with Gasteiger partial charge in [0.1, 0.15) is 0 Å². The summed E-state index contributed by atoms with van der Waals surface area (Å²) < 4.78 is 10.9. The van der Waals surface area contributed by atoms with Crippen molar-refractivity contribution in [3.05, 3.63) is 23.9 Å². The third kappa shape index (κ3) is 4.43. The summed E-state index contributed by atoms with van der Waals surface area (Å²) in [5.41, 5.74) is 0.614. The number of nitrogens with zero attached hydrogens (tertiary/aromatic N) is 1. The zero-order chi connectivity index (χ0) is 14.5. The Morgan fingerprint density at radius 2 is 2.10 bits per heavy atom. The second kappa shape index (κ2) is 6.89. The molecule has 0 unspecified atom stereocenters. The van der Waals surface area contributed by atoms with Gasteiger partial charge in [0.2, 0.25) is 5.88 Å². The van der Waals surface area contributed by atoms with Crippen LogP contribution in [0, 0.1) is 11.8 Å². The molecule has 0 bridgehead atoms. The van der Waals surface area contributed by atoms with Crippen molar-refractivity contribution in [1.82, 2.24) is 10.3 Å². The molecule has 2 aliphatic rings. The van der Waals surface area contributed by atoms with E-state index in [1.807, 2.05) is 0 Å². The van der Waals surface area contributed by atoms with Gasteiger partial charge < -0.3 is 14.8 Å². The largest absolute Gasteiger partial charge is 0.477 e. The van der Waals surface area contributed by atoms with Crippen LogP contribution in [0.3, 0.4) is 0 Å². The Bertz CT molecular complexity index is 482. The summed E-state index contributed by atoms with van der Waals surface area (Å²) in [7, 11) is 0. The number of pyridine rings is 1. The topological polar surface area (TPSA) is 60.5 Å². The lowest BCUT2D eigenvalue weighted by molar-refractivity contribution is 0.0642. The van der Waals surface area contributed by atoms with Crippen molar-refractivity contribution < 1.29 is 14.3 Å².